The van der Waals surface area contributed by atoms with E-state index in [1.54, 1.807) is 0 Å². The van der Waals surface area contributed by atoms with Gasteiger partial charge in [0.25, 0.3) is 0 Å². The van der Waals surface area contributed by atoms with Gasteiger partial charge in [0.15, 0.2) is 6.10 Å². The number of esters is 1. The minimum Gasteiger partial charge on any atom is -0.464 e. The third-order valence-electron chi connectivity index (χ3n) is 6.44. The lowest BCUT2D eigenvalue weighted by molar-refractivity contribution is -0.160. The summed E-state index contributed by atoms with van der Waals surface area (Å²) < 4.78 is 39.7. The van der Waals surface area contributed by atoms with Gasteiger partial charge in [-0.25, -0.2) is 13.8 Å². The Balaban J connectivity index is 2.18. The lowest BCUT2D eigenvalue weighted by Gasteiger charge is -2.17. The lowest BCUT2D eigenvalue weighted by Crippen LogP contribution is -2.31. The molecule has 0 radical (unpaired) electrons. The van der Waals surface area contributed by atoms with Crippen molar-refractivity contribution in [3.63, 3.8) is 0 Å². The van der Waals surface area contributed by atoms with Crippen molar-refractivity contribution in [1.82, 2.24) is 0 Å². The Morgan fingerprint density at radius 2 is 1.41 bits per heavy atom. The zero-order chi connectivity index (χ0) is 28.8. The third kappa shape index (κ3) is 19.8. The standard InChI is InChI=1S/C29H47FNO7P/c1-2-3-4-5-6-7-8-9-10-11-12-13-14-15-16-17-18-36-29(32)28(24-38-39(33,34)35)37-23-26-19-25(22-31)20-27(30)21-26/h19-21,28H,2-18,23-24H2,1H3,(H2,33,34,35)/t28-/m0/s1. The van der Waals surface area contributed by atoms with Crippen LogP contribution in [0.15, 0.2) is 18.2 Å². The second-order valence-corrected chi connectivity index (χ2v) is 11.3. The molecule has 0 bridgehead atoms. The number of halogens is 1. The van der Waals surface area contributed by atoms with Crippen molar-refractivity contribution < 1.29 is 37.5 Å². The summed E-state index contributed by atoms with van der Waals surface area (Å²) in [5.74, 6) is -1.46. The summed E-state index contributed by atoms with van der Waals surface area (Å²) in [6, 6.07) is 5.42. The van der Waals surface area contributed by atoms with Gasteiger partial charge in [0.05, 0.1) is 31.5 Å². The van der Waals surface area contributed by atoms with E-state index in [1.165, 1.54) is 83.1 Å². The van der Waals surface area contributed by atoms with E-state index in [-0.39, 0.29) is 18.8 Å². The Labute approximate surface area is 233 Å². The van der Waals surface area contributed by atoms with Gasteiger partial charge in [-0.3, -0.25) is 4.52 Å². The Morgan fingerprint density at radius 3 is 1.90 bits per heavy atom. The fourth-order valence-corrected chi connectivity index (χ4v) is 4.59. The highest BCUT2D eigenvalue weighted by Gasteiger charge is 2.26. The van der Waals surface area contributed by atoms with Gasteiger partial charge in [-0.05, 0) is 30.2 Å². The van der Waals surface area contributed by atoms with Crippen LogP contribution in [-0.2, 0) is 30.0 Å². The van der Waals surface area contributed by atoms with E-state index in [0.717, 1.165) is 31.4 Å². The maximum atomic E-state index is 13.6. The number of ether oxygens (including phenoxy) is 2. The number of benzene rings is 1. The fourth-order valence-electron chi connectivity index (χ4n) is 4.26. The largest absolute Gasteiger partial charge is 0.469 e. The molecular weight excluding hydrogens is 524 g/mol. The number of phosphoric acid groups is 1. The Bertz CT molecular complexity index is 887. The number of nitriles is 1. The number of unbranched alkanes of at least 4 members (excludes halogenated alkanes) is 15. The molecule has 0 heterocycles. The fraction of sp³-hybridized carbons (Fsp3) is 0.724. The zero-order valence-corrected chi connectivity index (χ0v) is 24.3. The Hall–Kier alpha value is -1.82. The van der Waals surface area contributed by atoms with Crippen LogP contribution >= 0.6 is 7.82 Å². The first kappa shape index (κ1) is 35.2. The molecule has 0 aromatic heterocycles. The van der Waals surface area contributed by atoms with Gasteiger partial charge in [0, 0.05) is 0 Å². The SMILES string of the molecule is CCCCCCCCCCCCCCCCCCOC(=O)[C@H](COP(=O)(O)O)OCc1cc(F)cc(C#N)c1. The first-order chi connectivity index (χ1) is 18.7. The van der Waals surface area contributed by atoms with E-state index >= 15 is 0 Å². The van der Waals surface area contributed by atoms with Crippen molar-refractivity contribution in [1.29, 1.82) is 5.26 Å². The van der Waals surface area contributed by atoms with Gasteiger partial charge in [-0.15, -0.1) is 0 Å². The van der Waals surface area contributed by atoms with E-state index < -0.39 is 32.3 Å². The molecule has 0 saturated carbocycles. The zero-order valence-electron chi connectivity index (χ0n) is 23.5. The molecule has 0 unspecified atom stereocenters. The molecule has 0 aliphatic carbocycles. The molecule has 2 N–H and O–H groups in total. The van der Waals surface area contributed by atoms with Crippen LogP contribution in [0.25, 0.3) is 0 Å². The van der Waals surface area contributed by atoms with E-state index in [1.807, 2.05) is 6.07 Å². The summed E-state index contributed by atoms with van der Waals surface area (Å²) >= 11 is 0. The van der Waals surface area contributed by atoms with Gasteiger partial charge in [-0.1, -0.05) is 103 Å². The topological polar surface area (TPSA) is 126 Å². The highest BCUT2D eigenvalue weighted by Crippen LogP contribution is 2.36. The summed E-state index contributed by atoms with van der Waals surface area (Å²) in [4.78, 5) is 30.4. The average Bonchev–Trinajstić information content (AvgIpc) is 2.89. The van der Waals surface area contributed by atoms with Crippen LogP contribution in [0.2, 0.25) is 0 Å². The number of nitrogens with zero attached hydrogens (tertiary/aromatic N) is 1. The summed E-state index contributed by atoms with van der Waals surface area (Å²) in [5.41, 5.74) is 0.376. The van der Waals surface area contributed by atoms with Crippen LogP contribution < -0.4 is 0 Å². The first-order valence-corrected chi connectivity index (χ1v) is 16.0. The minimum absolute atomic E-state index is 0.0858. The highest BCUT2D eigenvalue weighted by molar-refractivity contribution is 7.46. The second-order valence-electron chi connectivity index (χ2n) is 10.0. The van der Waals surface area contributed by atoms with Crippen LogP contribution in [0.1, 0.15) is 121 Å². The average molecular weight is 572 g/mol. The molecule has 0 saturated heterocycles. The maximum Gasteiger partial charge on any atom is 0.469 e. The molecule has 0 aliphatic heterocycles. The Kier molecular flexibility index (Phi) is 19.8. The molecule has 1 aromatic rings. The van der Waals surface area contributed by atoms with Crippen LogP contribution in [0.4, 0.5) is 4.39 Å². The van der Waals surface area contributed by atoms with Crippen LogP contribution in [0.3, 0.4) is 0 Å². The molecule has 0 amide bonds. The smallest absolute Gasteiger partial charge is 0.464 e. The van der Waals surface area contributed by atoms with Crippen molar-refractivity contribution in [2.24, 2.45) is 0 Å². The van der Waals surface area contributed by atoms with Crippen LogP contribution in [-0.4, -0.2) is 35.1 Å². The molecule has 1 atom stereocenters. The molecule has 8 nitrogen and oxygen atoms in total. The summed E-state index contributed by atoms with van der Waals surface area (Å²) in [6.07, 6.45) is 18.3. The van der Waals surface area contributed by atoms with Crippen molar-refractivity contribution in [3.8, 4) is 6.07 Å². The molecule has 1 aromatic carbocycles. The molecule has 1 rings (SSSR count). The summed E-state index contributed by atoms with van der Waals surface area (Å²) in [6.45, 7) is 1.42. The van der Waals surface area contributed by atoms with E-state index in [9.17, 15) is 13.8 Å². The lowest BCUT2D eigenvalue weighted by atomic mass is 10.0. The second kappa shape index (κ2) is 21.9. The van der Waals surface area contributed by atoms with Crippen molar-refractivity contribution in [2.45, 2.75) is 122 Å². The minimum atomic E-state index is -4.83. The highest BCUT2D eigenvalue weighted by atomic mass is 31.2. The van der Waals surface area contributed by atoms with Gasteiger partial charge >= 0.3 is 13.8 Å². The molecule has 39 heavy (non-hydrogen) atoms. The van der Waals surface area contributed by atoms with E-state index in [4.69, 9.17) is 24.5 Å². The molecular formula is C29H47FNO7P. The number of carbonyl (C=O) groups excluding carboxylic acids is 1. The Morgan fingerprint density at radius 1 is 0.897 bits per heavy atom. The molecule has 222 valence electrons. The monoisotopic (exact) mass is 571 g/mol. The van der Waals surface area contributed by atoms with Gasteiger partial charge < -0.3 is 19.3 Å². The van der Waals surface area contributed by atoms with E-state index in [2.05, 4.69) is 11.4 Å². The summed E-state index contributed by atoms with van der Waals surface area (Å²) in [5, 5.41) is 8.96. The normalized spacial score (nSPS) is 12.3. The molecule has 0 aliphatic rings. The van der Waals surface area contributed by atoms with Gasteiger partial charge in [0.1, 0.15) is 5.82 Å². The number of carbonyl (C=O) groups is 1. The number of rotatable bonds is 24. The van der Waals surface area contributed by atoms with Crippen LogP contribution in [0, 0.1) is 17.1 Å². The molecule has 0 fully saturated rings. The molecule has 0 spiro atoms. The van der Waals surface area contributed by atoms with Crippen molar-refractivity contribution in [2.75, 3.05) is 13.2 Å². The van der Waals surface area contributed by atoms with Gasteiger partial charge in [-0.2, -0.15) is 5.26 Å². The number of phosphoric ester groups is 1. The maximum absolute atomic E-state index is 13.6. The van der Waals surface area contributed by atoms with Crippen molar-refractivity contribution >= 4 is 13.8 Å². The predicted molar refractivity (Wildman–Crippen MR) is 148 cm³/mol. The number of hydrogen-bond donors (Lipinski definition) is 2. The summed E-state index contributed by atoms with van der Waals surface area (Å²) in [7, 11) is -4.83. The van der Waals surface area contributed by atoms with E-state index in [0.29, 0.717) is 12.0 Å². The van der Waals surface area contributed by atoms with Crippen molar-refractivity contribution in [3.05, 3.63) is 35.1 Å². The number of hydrogen-bond acceptors (Lipinski definition) is 6. The third-order valence-corrected chi connectivity index (χ3v) is 6.92. The first-order valence-electron chi connectivity index (χ1n) is 14.4. The van der Waals surface area contributed by atoms with Gasteiger partial charge in [0.2, 0.25) is 0 Å². The molecule has 10 heteroatoms. The quantitative estimate of drug-likeness (QED) is 0.0742. The predicted octanol–water partition coefficient (Wildman–Crippen LogP) is 7.50. The van der Waals surface area contributed by atoms with Crippen LogP contribution in [0.5, 0.6) is 0 Å².